The standard InChI is InChI=1S/C12H13BrN2OS/c13-8-4-10(17-6-8)9-5-14-11(15-9)12(7-16)2-1-3-12/h4-6,16H,1-3,7H2,(H,14,15). The van der Waals surface area contributed by atoms with E-state index in [-0.39, 0.29) is 12.0 Å². The number of aromatic nitrogens is 2. The van der Waals surface area contributed by atoms with Gasteiger partial charge in [-0.1, -0.05) is 6.42 Å². The second-order valence-corrected chi connectivity index (χ2v) is 6.39. The van der Waals surface area contributed by atoms with Crippen LogP contribution in [0.4, 0.5) is 0 Å². The molecule has 0 aliphatic heterocycles. The summed E-state index contributed by atoms with van der Waals surface area (Å²) >= 11 is 5.13. The first-order valence-electron chi connectivity index (χ1n) is 5.64. The zero-order valence-electron chi connectivity index (χ0n) is 9.24. The van der Waals surface area contributed by atoms with E-state index in [4.69, 9.17) is 0 Å². The molecule has 17 heavy (non-hydrogen) atoms. The number of rotatable bonds is 3. The Hall–Kier alpha value is -0.650. The van der Waals surface area contributed by atoms with Crippen molar-refractivity contribution in [2.24, 2.45) is 0 Å². The SMILES string of the molecule is OCC1(c2ncc(-c3cc(Br)cs3)[nH]2)CCC1. The molecule has 1 aliphatic carbocycles. The average molecular weight is 313 g/mol. The Morgan fingerprint density at radius 1 is 1.53 bits per heavy atom. The zero-order chi connectivity index (χ0) is 11.9. The van der Waals surface area contributed by atoms with Gasteiger partial charge in [0.05, 0.1) is 28.8 Å². The second-order valence-electron chi connectivity index (χ2n) is 4.57. The number of nitrogens with one attached hydrogen (secondary N) is 1. The number of imidazole rings is 1. The molecular formula is C12H13BrN2OS. The molecule has 2 aromatic rings. The van der Waals surface area contributed by atoms with Crippen LogP contribution in [-0.2, 0) is 5.41 Å². The van der Waals surface area contributed by atoms with Crippen LogP contribution in [0.25, 0.3) is 10.6 Å². The lowest BCUT2D eigenvalue weighted by Gasteiger charge is -2.38. The first kappa shape index (κ1) is 11.4. The van der Waals surface area contributed by atoms with Crippen molar-refractivity contribution in [2.45, 2.75) is 24.7 Å². The molecule has 2 aromatic heterocycles. The second kappa shape index (κ2) is 4.23. The van der Waals surface area contributed by atoms with Crippen molar-refractivity contribution in [3.63, 3.8) is 0 Å². The normalized spacial score (nSPS) is 18.0. The smallest absolute Gasteiger partial charge is 0.115 e. The topological polar surface area (TPSA) is 48.9 Å². The van der Waals surface area contributed by atoms with Gasteiger partial charge in [-0.25, -0.2) is 4.98 Å². The Kier molecular flexibility index (Phi) is 2.84. The van der Waals surface area contributed by atoms with Crippen LogP contribution in [0.15, 0.2) is 22.1 Å². The summed E-state index contributed by atoms with van der Waals surface area (Å²) in [6.45, 7) is 0.189. The molecule has 0 amide bonds. The monoisotopic (exact) mass is 312 g/mol. The minimum absolute atomic E-state index is 0.104. The maximum absolute atomic E-state index is 9.51. The Labute approximate surface area is 112 Å². The van der Waals surface area contributed by atoms with Gasteiger partial charge >= 0.3 is 0 Å². The molecular weight excluding hydrogens is 300 g/mol. The van der Waals surface area contributed by atoms with Gasteiger partial charge in [-0.15, -0.1) is 11.3 Å². The van der Waals surface area contributed by atoms with Crippen molar-refractivity contribution in [3.05, 3.63) is 27.9 Å². The summed E-state index contributed by atoms with van der Waals surface area (Å²) in [5.74, 6) is 0.936. The highest BCUT2D eigenvalue weighted by Gasteiger charge is 2.40. The van der Waals surface area contributed by atoms with Crippen molar-refractivity contribution in [1.29, 1.82) is 0 Å². The number of aliphatic hydroxyl groups is 1. The third kappa shape index (κ3) is 1.86. The number of nitrogens with zero attached hydrogens (tertiary/aromatic N) is 1. The van der Waals surface area contributed by atoms with E-state index in [0.29, 0.717) is 0 Å². The molecule has 3 rings (SSSR count). The lowest BCUT2D eigenvalue weighted by atomic mass is 9.69. The summed E-state index contributed by atoms with van der Waals surface area (Å²) in [5, 5.41) is 11.6. The fraction of sp³-hybridized carbons (Fsp3) is 0.417. The molecule has 2 heterocycles. The van der Waals surface area contributed by atoms with Crippen molar-refractivity contribution in [1.82, 2.24) is 9.97 Å². The minimum Gasteiger partial charge on any atom is -0.395 e. The fourth-order valence-electron chi connectivity index (χ4n) is 2.24. The summed E-state index contributed by atoms with van der Waals surface area (Å²) in [5.41, 5.74) is 0.933. The fourth-order valence-corrected chi connectivity index (χ4v) is 3.64. The van der Waals surface area contributed by atoms with E-state index in [0.717, 1.165) is 28.8 Å². The summed E-state index contributed by atoms with van der Waals surface area (Å²) in [7, 11) is 0. The minimum atomic E-state index is -0.104. The molecule has 0 radical (unpaired) electrons. The van der Waals surface area contributed by atoms with Crippen LogP contribution in [0.3, 0.4) is 0 Å². The Morgan fingerprint density at radius 3 is 2.88 bits per heavy atom. The molecule has 3 nitrogen and oxygen atoms in total. The maximum atomic E-state index is 9.51. The van der Waals surface area contributed by atoms with Crippen molar-refractivity contribution in [3.8, 4) is 10.6 Å². The summed E-state index contributed by atoms with van der Waals surface area (Å²) in [4.78, 5) is 8.97. The first-order valence-corrected chi connectivity index (χ1v) is 7.31. The average Bonchev–Trinajstić information content (AvgIpc) is 2.86. The molecule has 0 aromatic carbocycles. The molecule has 0 saturated heterocycles. The van der Waals surface area contributed by atoms with Crippen LogP contribution in [0.2, 0.25) is 0 Å². The first-order chi connectivity index (χ1) is 8.23. The molecule has 0 bridgehead atoms. The van der Waals surface area contributed by atoms with Gasteiger partial charge in [0, 0.05) is 9.85 Å². The number of halogens is 1. The summed E-state index contributed by atoms with van der Waals surface area (Å²) in [6.07, 6.45) is 5.11. The van der Waals surface area contributed by atoms with Gasteiger partial charge in [0.25, 0.3) is 0 Å². The van der Waals surface area contributed by atoms with Crippen LogP contribution in [0.1, 0.15) is 25.1 Å². The molecule has 1 aliphatic rings. The van der Waals surface area contributed by atoms with Crippen LogP contribution < -0.4 is 0 Å². The quantitative estimate of drug-likeness (QED) is 0.913. The van der Waals surface area contributed by atoms with Gasteiger partial charge < -0.3 is 10.1 Å². The number of hydrogen-bond donors (Lipinski definition) is 2. The maximum Gasteiger partial charge on any atom is 0.115 e. The van der Waals surface area contributed by atoms with E-state index in [2.05, 4.69) is 37.3 Å². The molecule has 0 atom stereocenters. The number of H-pyrrole nitrogens is 1. The van der Waals surface area contributed by atoms with Gasteiger partial charge in [0.1, 0.15) is 5.82 Å². The molecule has 1 fully saturated rings. The Bertz CT molecular complexity index is 525. The zero-order valence-corrected chi connectivity index (χ0v) is 11.6. The van der Waals surface area contributed by atoms with E-state index in [9.17, 15) is 5.11 Å². The van der Waals surface area contributed by atoms with E-state index in [1.165, 1.54) is 11.3 Å². The Morgan fingerprint density at radius 2 is 2.35 bits per heavy atom. The van der Waals surface area contributed by atoms with Crippen LogP contribution >= 0.6 is 27.3 Å². The highest BCUT2D eigenvalue weighted by molar-refractivity contribution is 9.10. The van der Waals surface area contributed by atoms with Crippen molar-refractivity contribution in [2.75, 3.05) is 6.61 Å². The summed E-state index contributed by atoms with van der Waals surface area (Å²) in [6, 6.07) is 2.08. The van der Waals surface area contributed by atoms with Gasteiger partial charge in [0.15, 0.2) is 0 Å². The van der Waals surface area contributed by atoms with Crippen LogP contribution in [-0.4, -0.2) is 21.7 Å². The number of hydrogen-bond acceptors (Lipinski definition) is 3. The number of thiophene rings is 1. The number of aliphatic hydroxyl groups excluding tert-OH is 1. The largest absolute Gasteiger partial charge is 0.395 e. The van der Waals surface area contributed by atoms with Crippen LogP contribution in [0, 0.1) is 0 Å². The molecule has 0 spiro atoms. The highest BCUT2D eigenvalue weighted by Crippen LogP contribution is 2.42. The third-order valence-corrected chi connectivity index (χ3v) is 5.25. The van der Waals surface area contributed by atoms with Gasteiger partial charge in [-0.05, 0) is 34.8 Å². The molecule has 0 unspecified atom stereocenters. The number of aromatic amines is 1. The highest BCUT2D eigenvalue weighted by atomic mass is 79.9. The lowest BCUT2D eigenvalue weighted by molar-refractivity contribution is 0.113. The van der Waals surface area contributed by atoms with E-state index in [1.807, 2.05) is 6.20 Å². The predicted octanol–water partition coefficient (Wildman–Crippen LogP) is 3.31. The van der Waals surface area contributed by atoms with Gasteiger partial charge in [0.2, 0.25) is 0 Å². The molecule has 1 saturated carbocycles. The van der Waals surface area contributed by atoms with Crippen LogP contribution in [0.5, 0.6) is 0 Å². The van der Waals surface area contributed by atoms with E-state index >= 15 is 0 Å². The van der Waals surface area contributed by atoms with Gasteiger partial charge in [-0.2, -0.15) is 0 Å². The van der Waals surface area contributed by atoms with E-state index in [1.54, 1.807) is 11.3 Å². The molecule has 90 valence electrons. The predicted molar refractivity (Wildman–Crippen MR) is 72.2 cm³/mol. The lowest BCUT2D eigenvalue weighted by Crippen LogP contribution is -2.39. The molecule has 2 N–H and O–H groups in total. The van der Waals surface area contributed by atoms with E-state index < -0.39 is 0 Å². The van der Waals surface area contributed by atoms with Crippen molar-refractivity contribution >= 4 is 27.3 Å². The van der Waals surface area contributed by atoms with Gasteiger partial charge in [-0.3, -0.25) is 0 Å². The Balaban J connectivity index is 1.92. The van der Waals surface area contributed by atoms with Crippen molar-refractivity contribution < 1.29 is 5.11 Å². The third-order valence-electron chi connectivity index (χ3n) is 3.52. The molecule has 5 heteroatoms. The summed E-state index contributed by atoms with van der Waals surface area (Å²) < 4.78 is 1.09.